The molecule has 0 bridgehead atoms. The molecule has 0 saturated heterocycles. The summed E-state index contributed by atoms with van der Waals surface area (Å²) < 4.78 is 39.8. The highest BCUT2D eigenvalue weighted by Crippen LogP contribution is 2.26. The number of nitrogens with zero attached hydrogens (tertiary/aromatic N) is 2. The van der Waals surface area contributed by atoms with Crippen molar-refractivity contribution < 1.29 is 17.6 Å². The van der Waals surface area contributed by atoms with Crippen LogP contribution in [0.2, 0.25) is 0 Å². The van der Waals surface area contributed by atoms with E-state index in [0.29, 0.717) is 6.54 Å². The van der Waals surface area contributed by atoms with E-state index >= 15 is 0 Å². The molecule has 0 aromatic heterocycles. The maximum Gasteiger partial charge on any atom is 0.246 e. The molecule has 2 aromatic rings. The second-order valence-corrected chi connectivity index (χ2v) is 7.97. The molecule has 0 aliphatic heterocycles. The highest BCUT2D eigenvalue weighted by molar-refractivity contribution is 7.92. The lowest BCUT2D eigenvalue weighted by Gasteiger charge is -2.33. The molecule has 0 saturated carbocycles. The number of hydrogen-bond acceptors (Lipinski definition) is 3. The van der Waals surface area contributed by atoms with E-state index < -0.39 is 21.9 Å². The van der Waals surface area contributed by atoms with Crippen LogP contribution in [0.5, 0.6) is 0 Å². The number of carbonyl (C=O) groups is 1. The molecule has 0 fully saturated rings. The van der Waals surface area contributed by atoms with E-state index in [1.165, 1.54) is 23.1 Å². The number of benzene rings is 2. The van der Waals surface area contributed by atoms with Crippen molar-refractivity contribution in [3.63, 3.8) is 0 Å². The molecule has 140 valence electrons. The third-order valence-corrected chi connectivity index (χ3v) is 5.21. The van der Waals surface area contributed by atoms with Gasteiger partial charge < -0.3 is 4.90 Å². The molecular weight excluding hydrogens is 355 g/mol. The quantitative estimate of drug-likeness (QED) is 0.744. The van der Waals surface area contributed by atoms with Crippen LogP contribution >= 0.6 is 0 Å². The van der Waals surface area contributed by atoms with Crippen molar-refractivity contribution in [3.8, 4) is 0 Å². The van der Waals surface area contributed by atoms with Crippen LogP contribution in [0, 0.1) is 5.82 Å². The zero-order chi connectivity index (χ0) is 19.3. The maximum atomic E-state index is 14.2. The highest BCUT2D eigenvalue weighted by atomic mass is 32.2. The molecule has 2 aromatic carbocycles. The van der Waals surface area contributed by atoms with Gasteiger partial charge in [0, 0.05) is 13.6 Å². The Labute approximate surface area is 154 Å². The van der Waals surface area contributed by atoms with Crippen LogP contribution < -0.4 is 4.31 Å². The first-order valence-electron chi connectivity index (χ1n) is 8.28. The number of amides is 1. The fourth-order valence-corrected chi connectivity index (χ4v) is 4.05. The van der Waals surface area contributed by atoms with Crippen molar-refractivity contribution in [2.24, 2.45) is 0 Å². The summed E-state index contributed by atoms with van der Waals surface area (Å²) in [6.45, 7) is 2.04. The Morgan fingerprint density at radius 3 is 2.19 bits per heavy atom. The standard InChI is InChI=1S/C19H23FN2O3S/c1-4-17(19(23)21(2)14-15-10-6-5-7-11-15)22(26(3,24)25)18-13-9-8-12-16(18)20/h5-13,17H,4,14H2,1-3H3/t17-/m0/s1. The van der Waals surface area contributed by atoms with Crippen molar-refractivity contribution in [2.75, 3.05) is 17.6 Å². The SMILES string of the molecule is CC[C@@H](C(=O)N(C)Cc1ccccc1)N(c1ccccc1F)S(C)(=O)=O. The Kier molecular flexibility index (Phi) is 6.37. The molecule has 0 aliphatic rings. The first-order chi connectivity index (χ1) is 12.3. The molecular formula is C19H23FN2O3S. The summed E-state index contributed by atoms with van der Waals surface area (Å²) in [5.74, 6) is -1.07. The van der Waals surface area contributed by atoms with E-state index in [1.807, 2.05) is 30.3 Å². The van der Waals surface area contributed by atoms with Gasteiger partial charge in [0.15, 0.2) is 0 Å². The van der Waals surface area contributed by atoms with Crippen LogP contribution in [0.25, 0.3) is 0 Å². The molecule has 5 nitrogen and oxygen atoms in total. The average Bonchev–Trinajstić information content (AvgIpc) is 2.60. The predicted molar refractivity (Wildman–Crippen MR) is 101 cm³/mol. The zero-order valence-corrected chi connectivity index (χ0v) is 15.9. The minimum absolute atomic E-state index is 0.122. The molecule has 0 heterocycles. The van der Waals surface area contributed by atoms with Crippen molar-refractivity contribution in [2.45, 2.75) is 25.9 Å². The lowest BCUT2D eigenvalue weighted by Crippen LogP contribution is -2.49. The molecule has 26 heavy (non-hydrogen) atoms. The van der Waals surface area contributed by atoms with Gasteiger partial charge in [0.25, 0.3) is 0 Å². The number of para-hydroxylation sites is 1. The maximum absolute atomic E-state index is 14.2. The minimum Gasteiger partial charge on any atom is -0.340 e. The summed E-state index contributed by atoms with van der Waals surface area (Å²) in [5.41, 5.74) is 0.804. The number of hydrogen-bond donors (Lipinski definition) is 0. The molecule has 0 radical (unpaired) electrons. The Hall–Kier alpha value is -2.41. The molecule has 0 N–H and O–H groups in total. The van der Waals surface area contributed by atoms with Crippen molar-refractivity contribution in [3.05, 3.63) is 66.0 Å². The summed E-state index contributed by atoms with van der Waals surface area (Å²) >= 11 is 0. The van der Waals surface area contributed by atoms with Crippen molar-refractivity contribution in [1.29, 1.82) is 0 Å². The predicted octanol–water partition coefficient (Wildman–Crippen LogP) is 3.03. The second-order valence-electron chi connectivity index (χ2n) is 6.11. The Bertz CT molecular complexity index is 856. The first-order valence-corrected chi connectivity index (χ1v) is 10.1. The number of rotatable bonds is 7. The average molecular weight is 378 g/mol. The fourth-order valence-electron chi connectivity index (χ4n) is 2.84. The number of halogens is 1. The van der Waals surface area contributed by atoms with E-state index in [1.54, 1.807) is 20.0 Å². The third kappa shape index (κ3) is 4.60. The Morgan fingerprint density at radius 2 is 1.65 bits per heavy atom. The number of sulfonamides is 1. The molecule has 1 amide bonds. The molecule has 0 spiro atoms. The summed E-state index contributed by atoms with van der Waals surface area (Å²) in [6.07, 6.45) is 1.20. The Balaban J connectivity index is 2.36. The van der Waals surface area contributed by atoms with Gasteiger partial charge in [-0.05, 0) is 24.1 Å². The third-order valence-electron chi connectivity index (χ3n) is 4.04. The molecule has 0 aliphatic carbocycles. The van der Waals surface area contributed by atoms with Gasteiger partial charge in [-0.1, -0.05) is 49.4 Å². The normalized spacial score (nSPS) is 12.5. The van der Waals surface area contributed by atoms with Gasteiger partial charge in [0.1, 0.15) is 11.9 Å². The summed E-state index contributed by atoms with van der Waals surface area (Å²) in [5, 5.41) is 0. The highest BCUT2D eigenvalue weighted by Gasteiger charge is 2.34. The summed E-state index contributed by atoms with van der Waals surface area (Å²) in [6, 6.07) is 13.9. The molecule has 1 atom stereocenters. The minimum atomic E-state index is -3.86. The number of anilines is 1. The van der Waals surface area contributed by atoms with Crippen LogP contribution in [-0.2, 0) is 21.4 Å². The fraction of sp³-hybridized carbons (Fsp3) is 0.316. The molecule has 2 rings (SSSR count). The van der Waals surface area contributed by atoms with Gasteiger partial charge >= 0.3 is 0 Å². The first kappa shape index (κ1) is 19.9. The van der Waals surface area contributed by atoms with Crippen LogP contribution in [0.3, 0.4) is 0 Å². The van der Waals surface area contributed by atoms with Gasteiger partial charge in [-0.15, -0.1) is 0 Å². The zero-order valence-electron chi connectivity index (χ0n) is 15.1. The molecule has 7 heteroatoms. The van der Waals surface area contributed by atoms with Crippen LogP contribution in [0.4, 0.5) is 10.1 Å². The van der Waals surface area contributed by atoms with E-state index in [4.69, 9.17) is 0 Å². The smallest absolute Gasteiger partial charge is 0.246 e. The van der Waals surface area contributed by atoms with Crippen molar-refractivity contribution >= 4 is 21.6 Å². The van der Waals surface area contributed by atoms with Crippen LogP contribution in [0.15, 0.2) is 54.6 Å². The van der Waals surface area contributed by atoms with E-state index in [9.17, 15) is 17.6 Å². The van der Waals surface area contributed by atoms with Gasteiger partial charge in [-0.2, -0.15) is 0 Å². The van der Waals surface area contributed by atoms with Crippen LogP contribution in [-0.4, -0.2) is 38.6 Å². The Morgan fingerprint density at radius 1 is 1.08 bits per heavy atom. The number of likely N-dealkylation sites (N-methyl/N-ethyl adjacent to an activating group) is 1. The van der Waals surface area contributed by atoms with E-state index in [-0.39, 0.29) is 18.0 Å². The molecule has 0 unspecified atom stereocenters. The second kappa shape index (κ2) is 8.31. The lowest BCUT2D eigenvalue weighted by atomic mass is 10.1. The van der Waals surface area contributed by atoms with Gasteiger partial charge in [-0.25, -0.2) is 12.8 Å². The summed E-state index contributed by atoms with van der Waals surface area (Å²) in [4.78, 5) is 14.4. The van der Waals surface area contributed by atoms with Gasteiger partial charge in [-0.3, -0.25) is 9.10 Å². The largest absolute Gasteiger partial charge is 0.340 e. The lowest BCUT2D eigenvalue weighted by molar-refractivity contribution is -0.131. The summed E-state index contributed by atoms with van der Waals surface area (Å²) in [7, 11) is -2.25. The van der Waals surface area contributed by atoms with Gasteiger partial charge in [0.2, 0.25) is 15.9 Å². The van der Waals surface area contributed by atoms with E-state index in [2.05, 4.69) is 0 Å². The number of carbonyl (C=O) groups excluding carboxylic acids is 1. The van der Waals surface area contributed by atoms with Crippen molar-refractivity contribution in [1.82, 2.24) is 4.90 Å². The van der Waals surface area contributed by atoms with Gasteiger partial charge in [0.05, 0.1) is 11.9 Å². The topological polar surface area (TPSA) is 57.7 Å². The van der Waals surface area contributed by atoms with Crippen LogP contribution in [0.1, 0.15) is 18.9 Å². The van der Waals surface area contributed by atoms with E-state index in [0.717, 1.165) is 16.1 Å². The monoisotopic (exact) mass is 378 g/mol.